The summed E-state index contributed by atoms with van der Waals surface area (Å²) in [6, 6.07) is 5.35. The molecule has 116 valence electrons. The Morgan fingerprint density at radius 1 is 1.19 bits per heavy atom. The number of rotatable bonds is 8. The molecule has 2 saturated carbocycles. The van der Waals surface area contributed by atoms with Gasteiger partial charge in [0.05, 0.1) is 0 Å². The number of benzene rings is 1. The Kier molecular flexibility index (Phi) is 4.60. The fourth-order valence-corrected chi connectivity index (χ4v) is 2.92. The summed E-state index contributed by atoms with van der Waals surface area (Å²) in [5, 5.41) is 0. The molecule has 0 heterocycles. The van der Waals surface area contributed by atoms with Gasteiger partial charge in [-0.25, -0.2) is 4.39 Å². The Hall–Kier alpha value is -0.930. The van der Waals surface area contributed by atoms with Crippen molar-refractivity contribution in [1.29, 1.82) is 0 Å². The molecule has 3 heteroatoms. The van der Waals surface area contributed by atoms with Gasteiger partial charge in [0, 0.05) is 19.1 Å². The molecule has 0 aromatic heterocycles. The minimum absolute atomic E-state index is 0.0546. The molecular weight excluding hydrogens is 263 g/mol. The van der Waals surface area contributed by atoms with E-state index >= 15 is 0 Å². The first-order chi connectivity index (χ1) is 10.1. The Morgan fingerprint density at radius 2 is 1.81 bits per heavy atom. The summed E-state index contributed by atoms with van der Waals surface area (Å²) in [7, 11) is 0. The zero-order chi connectivity index (χ0) is 14.8. The normalized spacial score (nSPS) is 20.0. The quantitative estimate of drug-likeness (QED) is 0.792. The summed E-state index contributed by atoms with van der Waals surface area (Å²) in [5.74, 6) is 1.71. The largest absolute Gasteiger partial charge is 0.324 e. The lowest BCUT2D eigenvalue weighted by Crippen LogP contribution is -2.31. The van der Waals surface area contributed by atoms with Gasteiger partial charge in [0.1, 0.15) is 5.82 Å². The van der Waals surface area contributed by atoms with Crippen molar-refractivity contribution < 1.29 is 4.39 Å². The molecule has 2 nitrogen and oxygen atoms in total. The van der Waals surface area contributed by atoms with E-state index in [1.54, 1.807) is 13.0 Å². The zero-order valence-electron chi connectivity index (χ0n) is 13.0. The Bertz CT molecular complexity index is 466. The molecule has 2 aliphatic carbocycles. The minimum atomic E-state index is -0.143. The first-order valence-electron chi connectivity index (χ1n) is 8.36. The standard InChI is InChI=1S/C18H27FN2/c1-13-2-7-16(10-17(13)19)18(20)8-9-21(11-14-3-4-14)12-15-5-6-15/h2,7,10,14-15,18H,3-6,8-9,11-12,20H2,1H3. The predicted molar refractivity (Wildman–Crippen MR) is 84.6 cm³/mol. The van der Waals surface area contributed by atoms with Crippen LogP contribution in [0.25, 0.3) is 0 Å². The van der Waals surface area contributed by atoms with Gasteiger partial charge in [-0.15, -0.1) is 0 Å². The van der Waals surface area contributed by atoms with Crippen LogP contribution in [0.4, 0.5) is 4.39 Å². The van der Waals surface area contributed by atoms with E-state index in [0.29, 0.717) is 5.56 Å². The van der Waals surface area contributed by atoms with Crippen LogP contribution in [0.5, 0.6) is 0 Å². The van der Waals surface area contributed by atoms with E-state index in [9.17, 15) is 4.39 Å². The van der Waals surface area contributed by atoms with Gasteiger partial charge in [-0.05, 0) is 74.6 Å². The lowest BCUT2D eigenvalue weighted by Gasteiger charge is -2.24. The van der Waals surface area contributed by atoms with E-state index in [1.165, 1.54) is 38.8 Å². The van der Waals surface area contributed by atoms with Crippen LogP contribution in [0.2, 0.25) is 0 Å². The molecule has 1 unspecified atom stereocenters. The molecule has 0 aliphatic heterocycles. The van der Waals surface area contributed by atoms with E-state index in [4.69, 9.17) is 5.73 Å². The van der Waals surface area contributed by atoms with Crippen LogP contribution < -0.4 is 5.73 Å². The molecule has 1 atom stereocenters. The Labute approximate surface area is 127 Å². The first-order valence-corrected chi connectivity index (χ1v) is 8.36. The van der Waals surface area contributed by atoms with E-state index in [0.717, 1.165) is 30.4 Å². The zero-order valence-corrected chi connectivity index (χ0v) is 13.0. The van der Waals surface area contributed by atoms with E-state index in [2.05, 4.69) is 4.90 Å². The molecule has 21 heavy (non-hydrogen) atoms. The van der Waals surface area contributed by atoms with Gasteiger partial charge in [0.15, 0.2) is 0 Å². The number of nitrogens with zero attached hydrogens (tertiary/aromatic N) is 1. The SMILES string of the molecule is Cc1ccc(C(N)CCN(CC2CC2)CC2CC2)cc1F. The van der Waals surface area contributed by atoms with Crippen molar-refractivity contribution in [1.82, 2.24) is 4.90 Å². The van der Waals surface area contributed by atoms with Crippen LogP contribution in [0.15, 0.2) is 18.2 Å². The van der Waals surface area contributed by atoms with Crippen molar-refractivity contribution in [2.45, 2.75) is 45.1 Å². The topological polar surface area (TPSA) is 29.3 Å². The molecule has 0 saturated heterocycles. The predicted octanol–water partition coefficient (Wildman–Crippen LogP) is 3.65. The van der Waals surface area contributed by atoms with Gasteiger partial charge in [-0.1, -0.05) is 12.1 Å². The maximum atomic E-state index is 13.6. The fraction of sp³-hybridized carbons (Fsp3) is 0.667. The van der Waals surface area contributed by atoms with Crippen LogP contribution in [-0.4, -0.2) is 24.5 Å². The van der Waals surface area contributed by atoms with Gasteiger partial charge in [0.2, 0.25) is 0 Å². The van der Waals surface area contributed by atoms with Gasteiger partial charge in [-0.3, -0.25) is 0 Å². The van der Waals surface area contributed by atoms with Crippen LogP contribution in [0, 0.1) is 24.6 Å². The number of aryl methyl sites for hydroxylation is 1. The van der Waals surface area contributed by atoms with Crippen molar-refractivity contribution in [3.8, 4) is 0 Å². The molecule has 0 spiro atoms. The monoisotopic (exact) mass is 290 g/mol. The Balaban J connectivity index is 1.51. The van der Waals surface area contributed by atoms with Gasteiger partial charge >= 0.3 is 0 Å². The highest BCUT2D eigenvalue weighted by atomic mass is 19.1. The summed E-state index contributed by atoms with van der Waals surface area (Å²) in [6.07, 6.45) is 6.52. The smallest absolute Gasteiger partial charge is 0.126 e. The summed E-state index contributed by atoms with van der Waals surface area (Å²) in [4.78, 5) is 2.60. The van der Waals surface area contributed by atoms with Crippen LogP contribution in [-0.2, 0) is 0 Å². The summed E-state index contributed by atoms with van der Waals surface area (Å²) < 4.78 is 13.6. The summed E-state index contributed by atoms with van der Waals surface area (Å²) >= 11 is 0. The molecule has 2 N–H and O–H groups in total. The lowest BCUT2D eigenvalue weighted by molar-refractivity contribution is 0.243. The van der Waals surface area contributed by atoms with Crippen molar-refractivity contribution in [3.63, 3.8) is 0 Å². The molecule has 0 amide bonds. The molecule has 2 aliphatic rings. The molecule has 1 aromatic rings. The van der Waals surface area contributed by atoms with E-state index < -0.39 is 0 Å². The second-order valence-electron chi connectivity index (χ2n) is 7.05. The van der Waals surface area contributed by atoms with Crippen LogP contribution in [0.1, 0.15) is 49.3 Å². The summed E-state index contributed by atoms with van der Waals surface area (Å²) in [5.41, 5.74) is 7.88. The third-order valence-electron chi connectivity index (χ3n) is 4.81. The van der Waals surface area contributed by atoms with Crippen molar-refractivity contribution in [2.24, 2.45) is 17.6 Å². The van der Waals surface area contributed by atoms with E-state index in [-0.39, 0.29) is 11.9 Å². The summed E-state index contributed by atoms with van der Waals surface area (Å²) in [6.45, 7) is 5.32. The maximum absolute atomic E-state index is 13.6. The third kappa shape index (κ3) is 4.52. The molecule has 0 radical (unpaired) electrons. The first kappa shape index (κ1) is 15.0. The maximum Gasteiger partial charge on any atom is 0.126 e. The number of halogens is 1. The fourth-order valence-electron chi connectivity index (χ4n) is 2.92. The van der Waals surface area contributed by atoms with Gasteiger partial charge < -0.3 is 10.6 Å². The number of hydrogen-bond acceptors (Lipinski definition) is 2. The average molecular weight is 290 g/mol. The van der Waals surface area contributed by atoms with Crippen molar-refractivity contribution in [2.75, 3.05) is 19.6 Å². The van der Waals surface area contributed by atoms with Crippen molar-refractivity contribution in [3.05, 3.63) is 35.1 Å². The highest BCUT2D eigenvalue weighted by Gasteiger charge is 2.29. The number of hydrogen-bond donors (Lipinski definition) is 1. The highest BCUT2D eigenvalue weighted by Crippen LogP contribution is 2.34. The molecule has 3 rings (SSSR count). The Morgan fingerprint density at radius 3 is 2.33 bits per heavy atom. The second-order valence-corrected chi connectivity index (χ2v) is 7.05. The van der Waals surface area contributed by atoms with Gasteiger partial charge in [-0.2, -0.15) is 0 Å². The lowest BCUT2D eigenvalue weighted by atomic mass is 10.0. The molecule has 2 fully saturated rings. The van der Waals surface area contributed by atoms with Crippen LogP contribution in [0.3, 0.4) is 0 Å². The highest BCUT2D eigenvalue weighted by molar-refractivity contribution is 5.25. The van der Waals surface area contributed by atoms with Crippen LogP contribution >= 0.6 is 0 Å². The van der Waals surface area contributed by atoms with Crippen molar-refractivity contribution >= 4 is 0 Å². The third-order valence-corrected chi connectivity index (χ3v) is 4.81. The van der Waals surface area contributed by atoms with Gasteiger partial charge in [0.25, 0.3) is 0 Å². The molecular formula is C18H27FN2. The minimum Gasteiger partial charge on any atom is -0.324 e. The molecule has 0 bridgehead atoms. The van der Waals surface area contributed by atoms with E-state index in [1.807, 2.05) is 12.1 Å². The second kappa shape index (κ2) is 6.45. The molecule has 1 aromatic carbocycles. The number of nitrogens with two attached hydrogens (primary N) is 1. The average Bonchev–Trinajstić information content (AvgIpc) is 3.35.